The van der Waals surface area contributed by atoms with Gasteiger partial charge >= 0.3 is 12.1 Å². The van der Waals surface area contributed by atoms with Crippen LogP contribution in [-0.2, 0) is 4.74 Å². The molecule has 0 saturated carbocycles. The van der Waals surface area contributed by atoms with Crippen molar-refractivity contribution in [2.24, 2.45) is 0 Å². The van der Waals surface area contributed by atoms with Crippen LogP contribution in [0.2, 0.25) is 0 Å². The Hall–Kier alpha value is -3.84. The second-order valence-electron chi connectivity index (χ2n) is 15.0. The van der Waals surface area contributed by atoms with Gasteiger partial charge in [-0.1, -0.05) is 11.3 Å². The van der Waals surface area contributed by atoms with E-state index in [1.165, 1.54) is 11.3 Å². The van der Waals surface area contributed by atoms with Gasteiger partial charge in [0.15, 0.2) is 10.9 Å². The quantitative estimate of drug-likeness (QED) is 0.261. The molecule has 0 aliphatic carbocycles. The van der Waals surface area contributed by atoms with Crippen LogP contribution < -0.4 is 15.4 Å². The third-order valence-corrected chi connectivity index (χ3v) is 11.6. The van der Waals surface area contributed by atoms with Crippen LogP contribution in [-0.4, -0.2) is 91.8 Å². The number of piperazine rings is 1. The smallest absolute Gasteiger partial charge is 0.410 e. The van der Waals surface area contributed by atoms with Crippen molar-refractivity contribution in [1.82, 2.24) is 29.7 Å². The lowest BCUT2D eigenvalue weighted by molar-refractivity contribution is 0.0122. The number of rotatable bonds is 5. The normalized spacial score (nSPS) is 22.2. The first-order valence-corrected chi connectivity index (χ1v) is 17.9. The Kier molecular flexibility index (Phi) is 7.44. The molecule has 2 atom stereocenters. The number of anilines is 2. The second-order valence-corrected chi connectivity index (χ2v) is 16.1. The summed E-state index contributed by atoms with van der Waals surface area (Å²) in [4.78, 5) is 38.8. The van der Waals surface area contributed by atoms with E-state index in [0.29, 0.717) is 47.1 Å². The van der Waals surface area contributed by atoms with Crippen LogP contribution in [0.4, 0.5) is 20.1 Å². The fraction of sp³-hybridized carbons (Fsp3) is 0.571. The molecule has 3 aromatic heterocycles. The number of carbonyl (C=O) groups is 1. The van der Waals surface area contributed by atoms with Gasteiger partial charge in [-0.25, -0.2) is 14.2 Å². The summed E-state index contributed by atoms with van der Waals surface area (Å²) in [7, 11) is 0. The van der Waals surface area contributed by atoms with Gasteiger partial charge in [0.2, 0.25) is 0 Å². The summed E-state index contributed by atoms with van der Waals surface area (Å²) in [6, 6.07) is 2.10. The monoisotopic (exact) mass is 674 g/mol. The van der Waals surface area contributed by atoms with E-state index in [2.05, 4.69) is 14.8 Å². The third kappa shape index (κ3) is 5.20. The average molecular weight is 675 g/mol. The minimum absolute atomic E-state index is 0.0204. The number of aryl methyl sites for hydroxylation is 1. The van der Waals surface area contributed by atoms with Gasteiger partial charge < -0.3 is 20.1 Å². The molecule has 4 fully saturated rings. The molecule has 4 aromatic rings. The lowest BCUT2D eigenvalue weighted by atomic mass is 9.95. The summed E-state index contributed by atoms with van der Waals surface area (Å²) < 4.78 is 30.1. The van der Waals surface area contributed by atoms with Crippen LogP contribution in [0.5, 0.6) is 6.01 Å². The predicted octanol–water partition coefficient (Wildman–Crippen LogP) is 6.23. The molecule has 254 valence electrons. The fourth-order valence-electron chi connectivity index (χ4n) is 8.45. The number of pyridine rings is 1. The number of hydrogen-bond acceptors (Lipinski definition) is 11. The van der Waals surface area contributed by atoms with Crippen molar-refractivity contribution in [3.8, 4) is 17.3 Å². The maximum absolute atomic E-state index is 17.0. The van der Waals surface area contributed by atoms with E-state index in [1.54, 1.807) is 6.20 Å². The van der Waals surface area contributed by atoms with Crippen molar-refractivity contribution >= 4 is 49.5 Å². The van der Waals surface area contributed by atoms with Gasteiger partial charge in [0.05, 0.1) is 33.2 Å². The average Bonchev–Trinajstić information content (AvgIpc) is 3.77. The number of nitrogens with zero attached hydrogens (tertiary/aromatic N) is 7. The van der Waals surface area contributed by atoms with Gasteiger partial charge in [-0.15, -0.1) is 0 Å². The maximum Gasteiger partial charge on any atom is 0.410 e. The first kappa shape index (κ1) is 31.4. The highest BCUT2D eigenvalue weighted by molar-refractivity contribution is 7.22. The first-order valence-electron chi connectivity index (χ1n) is 17.1. The maximum atomic E-state index is 17.0. The zero-order valence-corrected chi connectivity index (χ0v) is 29.1. The zero-order chi connectivity index (χ0) is 33.5. The molecule has 4 aliphatic rings. The molecule has 2 N–H and O–H groups in total. The number of nitrogen functional groups attached to an aromatic ring is 1. The molecule has 13 heteroatoms. The Morgan fingerprint density at radius 1 is 1.08 bits per heavy atom. The third-order valence-electron chi connectivity index (χ3n) is 10.8. The molecule has 1 amide bonds. The van der Waals surface area contributed by atoms with Crippen LogP contribution in [0.3, 0.4) is 0 Å². The van der Waals surface area contributed by atoms with Crippen molar-refractivity contribution in [2.45, 2.75) is 96.4 Å². The lowest BCUT2D eigenvalue weighted by Crippen LogP contribution is -2.57. The Morgan fingerprint density at radius 3 is 2.48 bits per heavy atom. The van der Waals surface area contributed by atoms with Crippen LogP contribution in [0.25, 0.3) is 32.4 Å². The summed E-state index contributed by atoms with van der Waals surface area (Å²) in [5.74, 6) is 0.0318. The highest BCUT2D eigenvalue weighted by Gasteiger charge is 2.46. The largest absolute Gasteiger partial charge is 0.461 e. The van der Waals surface area contributed by atoms with E-state index in [1.807, 2.05) is 45.6 Å². The number of halogens is 1. The van der Waals surface area contributed by atoms with Crippen molar-refractivity contribution in [3.63, 3.8) is 0 Å². The molecule has 4 saturated heterocycles. The molecular formula is C35H43FN8O3S. The van der Waals surface area contributed by atoms with E-state index in [-0.39, 0.29) is 40.9 Å². The Labute approximate surface area is 283 Å². The summed E-state index contributed by atoms with van der Waals surface area (Å²) in [6.07, 6.45) is 7.55. The number of amides is 1. The number of aromatic nitrogens is 4. The topological polar surface area (TPSA) is 123 Å². The zero-order valence-electron chi connectivity index (χ0n) is 28.3. The number of carbonyl (C=O) groups excluding carboxylic acids is 1. The Balaban J connectivity index is 1.21. The van der Waals surface area contributed by atoms with Gasteiger partial charge in [0.1, 0.15) is 29.2 Å². The molecule has 0 spiro atoms. The highest BCUT2D eigenvalue weighted by Crippen LogP contribution is 2.42. The summed E-state index contributed by atoms with van der Waals surface area (Å²) in [6.45, 7) is 13.3. The molecule has 48 heavy (non-hydrogen) atoms. The van der Waals surface area contributed by atoms with E-state index in [9.17, 15) is 4.79 Å². The molecule has 2 bridgehead atoms. The standard InChI is InChI=1S/C35H43FN8O3S/c1-19-14-24-28(39-31(37)48-24)25(20(19)2)29-26(36)27-23(15-38-29)30(41-32(40-27)46-18-35-10-6-12-43(35)13-7-11-35)42-16-21-8-9-22(17-42)44(21)33(45)47-34(3,4)5/h14-15,21-22H,6-13,16-18H2,1-5H3,(H2,37,39). The van der Waals surface area contributed by atoms with E-state index < -0.39 is 11.4 Å². The minimum atomic E-state index is -0.580. The van der Waals surface area contributed by atoms with Crippen LogP contribution in [0.1, 0.15) is 70.4 Å². The second kappa shape index (κ2) is 11.4. The molecule has 11 nitrogen and oxygen atoms in total. The van der Waals surface area contributed by atoms with Crippen molar-refractivity contribution in [3.05, 3.63) is 29.2 Å². The molecule has 2 unspecified atom stereocenters. The molecule has 8 rings (SSSR count). The SMILES string of the molecule is Cc1cc2sc(N)nc2c(-c2ncc3c(N4CC5CCC(C4)N5C(=O)OC(C)(C)C)nc(OCC45CCCN4CCC5)nc3c2F)c1C. The molecule has 0 radical (unpaired) electrons. The number of ether oxygens (including phenoxy) is 2. The number of nitrogens with two attached hydrogens (primary N) is 1. The van der Waals surface area contributed by atoms with Gasteiger partial charge in [0.25, 0.3) is 0 Å². The summed E-state index contributed by atoms with van der Waals surface area (Å²) in [5.41, 5.74) is 9.00. The molecular weight excluding hydrogens is 632 g/mol. The number of thiazole rings is 1. The van der Waals surface area contributed by atoms with Crippen molar-refractivity contribution in [2.75, 3.05) is 43.4 Å². The van der Waals surface area contributed by atoms with Gasteiger partial charge in [-0.05, 0) is 103 Å². The number of fused-ring (bicyclic) bond motifs is 5. The Morgan fingerprint density at radius 2 is 1.79 bits per heavy atom. The molecule has 7 heterocycles. The van der Waals surface area contributed by atoms with Crippen molar-refractivity contribution in [1.29, 1.82) is 0 Å². The van der Waals surface area contributed by atoms with Gasteiger partial charge in [-0.3, -0.25) is 14.8 Å². The first-order chi connectivity index (χ1) is 22.9. The molecule has 4 aliphatic heterocycles. The Bertz CT molecular complexity index is 1920. The number of benzene rings is 1. The molecule has 1 aromatic carbocycles. The van der Waals surface area contributed by atoms with Crippen LogP contribution in [0, 0.1) is 19.7 Å². The summed E-state index contributed by atoms with van der Waals surface area (Å²) in [5, 5.41) is 0.930. The van der Waals surface area contributed by atoms with Crippen molar-refractivity contribution < 1.29 is 18.7 Å². The van der Waals surface area contributed by atoms with Gasteiger partial charge in [0, 0.05) is 24.8 Å². The van der Waals surface area contributed by atoms with E-state index in [0.717, 1.165) is 67.4 Å². The predicted molar refractivity (Wildman–Crippen MR) is 185 cm³/mol. The number of hydrogen-bond donors (Lipinski definition) is 1. The highest BCUT2D eigenvalue weighted by atomic mass is 32.1. The van der Waals surface area contributed by atoms with E-state index in [4.69, 9.17) is 30.2 Å². The minimum Gasteiger partial charge on any atom is -0.461 e. The fourth-order valence-corrected chi connectivity index (χ4v) is 9.29. The van der Waals surface area contributed by atoms with E-state index >= 15 is 4.39 Å². The van der Waals surface area contributed by atoms with Crippen LogP contribution in [0.15, 0.2) is 12.3 Å². The lowest BCUT2D eigenvalue weighted by Gasteiger charge is -2.42. The summed E-state index contributed by atoms with van der Waals surface area (Å²) >= 11 is 1.38. The van der Waals surface area contributed by atoms with Gasteiger partial charge in [-0.2, -0.15) is 9.97 Å². The van der Waals surface area contributed by atoms with Crippen LogP contribution >= 0.6 is 11.3 Å².